The molecule has 1 amide bonds. The monoisotopic (exact) mass is 311 g/mol. The fraction of sp³-hybridized carbons (Fsp3) is 0.500. The Bertz CT molecular complexity index is 526. The van der Waals surface area contributed by atoms with E-state index >= 15 is 0 Å². The molecule has 116 valence electrons. The molecule has 1 rings (SSSR count). The number of nitrogens with one attached hydrogen (secondary N) is 1. The Kier molecular flexibility index (Phi) is 6.21. The molecule has 0 aliphatic rings. The quantitative estimate of drug-likeness (QED) is 0.798. The van der Waals surface area contributed by atoms with E-state index in [1.807, 2.05) is 0 Å². The Morgan fingerprint density at radius 3 is 2.57 bits per heavy atom. The lowest BCUT2D eigenvalue weighted by Gasteiger charge is -2.21. The second-order valence-corrected chi connectivity index (χ2v) is 6.16. The second kappa shape index (κ2) is 7.46. The fourth-order valence-corrected chi connectivity index (χ4v) is 1.92. The van der Waals surface area contributed by atoms with Crippen LogP contribution in [0.4, 0.5) is 5.69 Å². The van der Waals surface area contributed by atoms with Gasteiger partial charge >= 0.3 is 5.97 Å². The normalized spacial score (nSPS) is 11.1. The SMILES string of the molecule is CCC(C)(C)CCC(=O)Nc1ccc(Cl)c(C(=O)OC)c1. The van der Waals surface area contributed by atoms with Gasteiger partial charge in [0.25, 0.3) is 0 Å². The summed E-state index contributed by atoms with van der Waals surface area (Å²) in [5.74, 6) is -0.599. The first kappa shape index (κ1) is 17.5. The smallest absolute Gasteiger partial charge is 0.339 e. The number of amides is 1. The van der Waals surface area contributed by atoms with E-state index in [2.05, 4.69) is 30.8 Å². The highest BCUT2D eigenvalue weighted by Crippen LogP contribution is 2.26. The highest BCUT2D eigenvalue weighted by Gasteiger charge is 2.17. The Balaban J connectivity index is 2.71. The zero-order valence-electron chi connectivity index (χ0n) is 13.0. The second-order valence-electron chi connectivity index (χ2n) is 5.75. The van der Waals surface area contributed by atoms with Crippen LogP contribution in [0, 0.1) is 5.41 Å². The number of ether oxygens (including phenoxy) is 1. The van der Waals surface area contributed by atoms with E-state index in [1.165, 1.54) is 13.2 Å². The number of hydrogen-bond acceptors (Lipinski definition) is 3. The first-order valence-electron chi connectivity index (χ1n) is 6.97. The topological polar surface area (TPSA) is 55.4 Å². The van der Waals surface area contributed by atoms with Crippen molar-refractivity contribution in [3.8, 4) is 0 Å². The number of rotatable bonds is 6. The molecule has 0 saturated heterocycles. The van der Waals surface area contributed by atoms with E-state index in [9.17, 15) is 9.59 Å². The molecule has 0 saturated carbocycles. The van der Waals surface area contributed by atoms with Gasteiger partial charge in [-0.3, -0.25) is 4.79 Å². The number of esters is 1. The van der Waals surface area contributed by atoms with E-state index in [0.29, 0.717) is 17.1 Å². The molecule has 0 radical (unpaired) electrons. The van der Waals surface area contributed by atoms with E-state index in [4.69, 9.17) is 11.6 Å². The molecule has 0 aliphatic carbocycles. The predicted octanol–water partition coefficient (Wildman–Crippen LogP) is 4.28. The van der Waals surface area contributed by atoms with Crippen molar-refractivity contribution in [1.29, 1.82) is 0 Å². The molecule has 0 aromatic heterocycles. The number of hydrogen-bond donors (Lipinski definition) is 1. The average molecular weight is 312 g/mol. The molecular formula is C16H22ClNO3. The molecule has 0 bridgehead atoms. The third-order valence-electron chi connectivity index (χ3n) is 3.64. The van der Waals surface area contributed by atoms with Gasteiger partial charge in [0.2, 0.25) is 5.91 Å². The molecular weight excluding hydrogens is 290 g/mol. The van der Waals surface area contributed by atoms with Crippen molar-refractivity contribution >= 4 is 29.2 Å². The van der Waals surface area contributed by atoms with E-state index in [0.717, 1.165) is 12.8 Å². The summed E-state index contributed by atoms with van der Waals surface area (Å²) in [6.45, 7) is 6.38. The van der Waals surface area contributed by atoms with Crippen molar-refractivity contribution in [2.24, 2.45) is 5.41 Å². The molecule has 0 unspecified atom stereocenters. The van der Waals surface area contributed by atoms with Crippen LogP contribution in [0.2, 0.25) is 5.02 Å². The number of benzene rings is 1. The van der Waals surface area contributed by atoms with Crippen LogP contribution in [0.3, 0.4) is 0 Å². The van der Waals surface area contributed by atoms with Crippen molar-refractivity contribution in [3.05, 3.63) is 28.8 Å². The van der Waals surface area contributed by atoms with E-state index in [-0.39, 0.29) is 16.9 Å². The van der Waals surface area contributed by atoms with Gasteiger partial charge in [0.1, 0.15) is 0 Å². The van der Waals surface area contributed by atoms with Crippen LogP contribution in [-0.4, -0.2) is 19.0 Å². The standard InChI is InChI=1S/C16H22ClNO3/c1-5-16(2,3)9-8-14(19)18-11-6-7-13(17)12(10-11)15(20)21-4/h6-7,10H,5,8-9H2,1-4H3,(H,18,19). The number of carbonyl (C=O) groups is 2. The minimum absolute atomic E-state index is 0.0744. The minimum atomic E-state index is -0.525. The molecule has 1 N–H and O–H groups in total. The van der Waals surface area contributed by atoms with Crippen LogP contribution in [0.5, 0.6) is 0 Å². The third kappa shape index (κ3) is 5.38. The third-order valence-corrected chi connectivity index (χ3v) is 3.97. The molecule has 4 nitrogen and oxygen atoms in total. The van der Waals surface area contributed by atoms with Gasteiger partial charge in [-0.25, -0.2) is 4.79 Å². The van der Waals surface area contributed by atoms with Gasteiger partial charge in [-0.1, -0.05) is 38.8 Å². The Hall–Kier alpha value is -1.55. The lowest BCUT2D eigenvalue weighted by Crippen LogP contribution is -2.17. The van der Waals surface area contributed by atoms with Crippen molar-refractivity contribution in [1.82, 2.24) is 0 Å². The summed E-state index contributed by atoms with van der Waals surface area (Å²) in [6.07, 6.45) is 2.28. The summed E-state index contributed by atoms with van der Waals surface area (Å²) in [7, 11) is 1.29. The first-order chi connectivity index (χ1) is 9.79. The van der Waals surface area contributed by atoms with Gasteiger partial charge in [-0.2, -0.15) is 0 Å². The van der Waals surface area contributed by atoms with Crippen LogP contribution in [0.15, 0.2) is 18.2 Å². The van der Waals surface area contributed by atoms with Gasteiger partial charge in [0.15, 0.2) is 0 Å². The molecule has 0 atom stereocenters. The molecule has 0 aliphatic heterocycles. The summed E-state index contributed by atoms with van der Waals surface area (Å²) in [5.41, 5.74) is 0.930. The first-order valence-corrected chi connectivity index (χ1v) is 7.34. The highest BCUT2D eigenvalue weighted by molar-refractivity contribution is 6.33. The Labute approximate surface area is 130 Å². The number of carbonyl (C=O) groups excluding carboxylic acids is 2. The highest BCUT2D eigenvalue weighted by atomic mass is 35.5. The van der Waals surface area contributed by atoms with Gasteiger partial charge in [0, 0.05) is 12.1 Å². The Morgan fingerprint density at radius 1 is 1.33 bits per heavy atom. The van der Waals surface area contributed by atoms with E-state index < -0.39 is 5.97 Å². The maximum Gasteiger partial charge on any atom is 0.339 e. The summed E-state index contributed by atoms with van der Waals surface area (Å²) in [4.78, 5) is 23.5. The maximum atomic E-state index is 12.0. The predicted molar refractivity (Wildman–Crippen MR) is 84.7 cm³/mol. The zero-order chi connectivity index (χ0) is 16.0. The van der Waals surface area contributed by atoms with Gasteiger partial charge in [0.05, 0.1) is 17.7 Å². The minimum Gasteiger partial charge on any atom is -0.465 e. The molecule has 1 aromatic rings. The number of anilines is 1. The molecule has 0 heterocycles. The van der Waals surface area contributed by atoms with Crippen LogP contribution in [0.1, 0.15) is 50.4 Å². The van der Waals surface area contributed by atoms with Crippen molar-refractivity contribution in [2.75, 3.05) is 12.4 Å². The maximum absolute atomic E-state index is 12.0. The van der Waals surface area contributed by atoms with Crippen LogP contribution in [0.25, 0.3) is 0 Å². The number of halogens is 1. The fourth-order valence-electron chi connectivity index (χ4n) is 1.72. The molecule has 5 heteroatoms. The molecule has 0 fully saturated rings. The molecule has 21 heavy (non-hydrogen) atoms. The summed E-state index contributed by atoms with van der Waals surface area (Å²) in [6, 6.07) is 4.76. The molecule has 1 aromatic carbocycles. The lowest BCUT2D eigenvalue weighted by atomic mass is 9.85. The summed E-state index contributed by atoms with van der Waals surface area (Å²) in [5, 5.41) is 3.08. The van der Waals surface area contributed by atoms with Gasteiger partial charge in [-0.15, -0.1) is 0 Å². The average Bonchev–Trinajstić information content (AvgIpc) is 2.46. The summed E-state index contributed by atoms with van der Waals surface area (Å²) < 4.78 is 4.65. The molecule has 0 spiro atoms. The number of methoxy groups -OCH3 is 1. The largest absolute Gasteiger partial charge is 0.465 e. The van der Waals surface area contributed by atoms with Gasteiger partial charge < -0.3 is 10.1 Å². The summed E-state index contributed by atoms with van der Waals surface area (Å²) >= 11 is 5.93. The zero-order valence-corrected chi connectivity index (χ0v) is 13.7. The lowest BCUT2D eigenvalue weighted by molar-refractivity contribution is -0.116. The van der Waals surface area contributed by atoms with E-state index in [1.54, 1.807) is 12.1 Å². The van der Waals surface area contributed by atoms with Crippen molar-refractivity contribution in [3.63, 3.8) is 0 Å². The van der Waals surface area contributed by atoms with Crippen molar-refractivity contribution < 1.29 is 14.3 Å². The van der Waals surface area contributed by atoms with Crippen LogP contribution < -0.4 is 5.32 Å². The van der Waals surface area contributed by atoms with Crippen molar-refractivity contribution in [2.45, 2.75) is 40.0 Å². The van der Waals surface area contributed by atoms with Crippen LogP contribution >= 0.6 is 11.6 Å². The van der Waals surface area contributed by atoms with Gasteiger partial charge in [-0.05, 0) is 30.0 Å². The Morgan fingerprint density at radius 2 is 2.00 bits per heavy atom. The van der Waals surface area contributed by atoms with Crippen LogP contribution in [-0.2, 0) is 9.53 Å².